The van der Waals surface area contributed by atoms with Gasteiger partial charge in [-0.15, -0.1) is 0 Å². The third-order valence-electron chi connectivity index (χ3n) is 4.55. The van der Waals surface area contributed by atoms with Crippen LogP contribution in [0.25, 0.3) is 10.9 Å². The van der Waals surface area contributed by atoms with Crippen LogP contribution < -0.4 is 10.7 Å². The number of carbonyl (C=O) groups is 1. The summed E-state index contributed by atoms with van der Waals surface area (Å²) in [7, 11) is 0. The Morgan fingerprint density at radius 2 is 2.04 bits per heavy atom. The molecule has 0 radical (unpaired) electrons. The zero-order chi connectivity index (χ0) is 17.7. The van der Waals surface area contributed by atoms with Crippen molar-refractivity contribution < 1.29 is 13.6 Å². The highest BCUT2D eigenvalue weighted by Gasteiger charge is 2.24. The Morgan fingerprint density at radius 3 is 2.80 bits per heavy atom. The van der Waals surface area contributed by atoms with Gasteiger partial charge in [0.1, 0.15) is 17.2 Å². The summed E-state index contributed by atoms with van der Waals surface area (Å²) in [6.45, 7) is 2.01. The summed E-state index contributed by atoms with van der Waals surface area (Å²) in [5.41, 5.74) is 1.27. The zero-order valence-corrected chi connectivity index (χ0v) is 13.3. The topological polar surface area (TPSA) is 51.1 Å². The first-order valence-electron chi connectivity index (χ1n) is 7.89. The average molecular weight is 340 g/mol. The van der Waals surface area contributed by atoms with Crippen molar-refractivity contribution in [2.24, 2.45) is 0 Å². The number of nitrogens with one attached hydrogen (secondary N) is 1. The van der Waals surface area contributed by atoms with Gasteiger partial charge in [-0.3, -0.25) is 9.59 Å². The van der Waals surface area contributed by atoms with Gasteiger partial charge in [-0.25, -0.2) is 8.78 Å². The minimum Gasteiger partial charge on any atom is -0.343 e. The molecule has 0 spiro atoms. The van der Waals surface area contributed by atoms with E-state index in [0.717, 1.165) is 29.6 Å². The maximum absolute atomic E-state index is 13.8. The van der Waals surface area contributed by atoms with Crippen molar-refractivity contribution in [3.05, 3.63) is 75.6 Å². The molecule has 0 aliphatic carbocycles. The number of aromatic nitrogens is 1. The van der Waals surface area contributed by atoms with Crippen LogP contribution in [0.3, 0.4) is 0 Å². The molecule has 4 rings (SSSR count). The molecule has 25 heavy (non-hydrogen) atoms. The minimum atomic E-state index is -0.894. The van der Waals surface area contributed by atoms with Crippen molar-refractivity contribution in [1.29, 1.82) is 0 Å². The summed E-state index contributed by atoms with van der Waals surface area (Å²) in [6.07, 6.45) is 2.30. The molecule has 126 valence electrons. The van der Waals surface area contributed by atoms with Crippen LogP contribution in [-0.4, -0.2) is 10.5 Å². The summed E-state index contributed by atoms with van der Waals surface area (Å²) < 4.78 is 28.7. The number of hydrogen-bond acceptors (Lipinski definition) is 2. The van der Waals surface area contributed by atoms with Gasteiger partial charge in [-0.05, 0) is 37.1 Å². The first-order chi connectivity index (χ1) is 12.0. The molecule has 2 heterocycles. The Morgan fingerprint density at radius 1 is 1.24 bits per heavy atom. The molecule has 1 aliphatic rings. The molecule has 1 aliphatic heterocycles. The predicted octanol–water partition coefficient (Wildman–Crippen LogP) is 3.65. The molecule has 0 fully saturated rings. The Balaban J connectivity index is 1.81. The molecule has 1 aromatic heterocycles. The van der Waals surface area contributed by atoms with E-state index in [-0.39, 0.29) is 17.3 Å². The number of benzene rings is 2. The standard InChI is InChI=1S/C19H14F2N2O2/c1-10-7-11-3-2-4-13-17(11)23(10)9-14(18(13)24)19(25)22-16-6-5-12(20)8-15(16)21/h2-6,8-10H,7H2,1H3,(H,22,25). The van der Waals surface area contributed by atoms with Crippen LogP contribution >= 0.6 is 0 Å². The Hall–Kier alpha value is -3.02. The first-order valence-corrected chi connectivity index (χ1v) is 7.89. The fourth-order valence-corrected chi connectivity index (χ4v) is 3.36. The SMILES string of the molecule is CC1Cc2cccc3c(=O)c(C(=O)Nc4ccc(F)cc4F)cn1c23. The summed E-state index contributed by atoms with van der Waals surface area (Å²) in [5, 5.41) is 2.82. The monoisotopic (exact) mass is 340 g/mol. The Labute approximate surface area is 141 Å². The zero-order valence-electron chi connectivity index (χ0n) is 13.3. The van der Waals surface area contributed by atoms with Crippen LogP contribution in [0.5, 0.6) is 0 Å². The molecule has 1 atom stereocenters. The second kappa shape index (κ2) is 5.51. The molecule has 6 heteroatoms. The van der Waals surface area contributed by atoms with Crippen molar-refractivity contribution in [1.82, 2.24) is 4.57 Å². The van der Waals surface area contributed by atoms with Crippen molar-refractivity contribution in [3.63, 3.8) is 0 Å². The van der Waals surface area contributed by atoms with Crippen LogP contribution in [0.15, 0.2) is 47.4 Å². The molecule has 4 nitrogen and oxygen atoms in total. The van der Waals surface area contributed by atoms with Crippen molar-refractivity contribution in [3.8, 4) is 0 Å². The van der Waals surface area contributed by atoms with Gasteiger partial charge < -0.3 is 9.88 Å². The average Bonchev–Trinajstić information content (AvgIpc) is 2.89. The highest BCUT2D eigenvalue weighted by molar-refractivity contribution is 6.06. The molecular formula is C19H14F2N2O2. The van der Waals surface area contributed by atoms with E-state index in [1.54, 1.807) is 12.1 Å². The van der Waals surface area contributed by atoms with Crippen LogP contribution in [-0.2, 0) is 6.42 Å². The highest BCUT2D eigenvalue weighted by atomic mass is 19.1. The smallest absolute Gasteiger partial charge is 0.261 e. The highest BCUT2D eigenvalue weighted by Crippen LogP contribution is 2.31. The molecule has 1 unspecified atom stereocenters. The Bertz CT molecular complexity index is 1090. The Kier molecular flexibility index (Phi) is 3.42. The van der Waals surface area contributed by atoms with E-state index < -0.39 is 23.0 Å². The summed E-state index contributed by atoms with van der Waals surface area (Å²) in [6, 6.07) is 8.41. The lowest BCUT2D eigenvalue weighted by Gasteiger charge is -2.13. The summed E-state index contributed by atoms with van der Waals surface area (Å²) in [4.78, 5) is 25.2. The van der Waals surface area contributed by atoms with E-state index in [0.29, 0.717) is 11.5 Å². The van der Waals surface area contributed by atoms with Gasteiger partial charge in [0, 0.05) is 23.7 Å². The van der Waals surface area contributed by atoms with E-state index in [4.69, 9.17) is 0 Å². The lowest BCUT2D eigenvalue weighted by Crippen LogP contribution is -2.24. The molecule has 1 amide bonds. The van der Waals surface area contributed by atoms with Gasteiger partial charge in [0.15, 0.2) is 0 Å². The summed E-state index contributed by atoms with van der Waals surface area (Å²) >= 11 is 0. The number of carbonyl (C=O) groups excluding carboxylic acids is 1. The first kappa shape index (κ1) is 15.5. The number of rotatable bonds is 2. The largest absolute Gasteiger partial charge is 0.343 e. The third kappa shape index (κ3) is 2.41. The second-order valence-electron chi connectivity index (χ2n) is 6.22. The molecule has 0 saturated heterocycles. The van der Waals surface area contributed by atoms with Crippen LogP contribution in [0.2, 0.25) is 0 Å². The summed E-state index contributed by atoms with van der Waals surface area (Å²) in [5.74, 6) is -2.35. The molecule has 1 N–H and O–H groups in total. The maximum Gasteiger partial charge on any atom is 0.261 e. The number of nitrogens with zero attached hydrogens (tertiary/aromatic N) is 1. The van der Waals surface area contributed by atoms with Gasteiger partial charge in [-0.2, -0.15) is 0 Å². The number of pyridine rings is 1. The number of para-hydroxylation sites is 1. The number of halogens is 2. The van der Waals surface area contributed by atoms with Gasteiger partial charge >= 0.3 is 0 Å². The van der Waals surface area contributed by atoms with Gasteiger partial charge in [-0.1, -0.05) is 12.1 Å². The minimum absolute atomic E-state index is 0.0675. The molecule has 2 aromatic carbocycles. The second-order valence-corrected chi connectivity index (χ2v) is 6.22. The number of amides is 1. The number of anilines is 1. The van der Waals surface area contributed by atoms with Gasteiger partial charge in [0.05, 0.1) is 11.2 Å². The van der Waals surface area contributed by atoms with Crippen LogP contribution in [0.4, 0.5) is 14.5 Å². The fourth-order valence-electron chi connectivity index (χ4n) is 3.36. The lowest BCUT2D eigenvalue weighted by molar-refractivity contribution is 0.102. The van der Waals surface area contributed by atoms with Crippen LogP contribution in [0, 0.1) is 11.6 Å². The van der Waals surface area contributed by atoms with Crippen molar-refractivity contribution in [2.75, 3.05) is 5.32 Å². The van der Waals surface area contributed by atoms with Crippen molar-refractivity contribution in [2.45, 2.75) is 19.4 Å². The van der Waals surface area contributed by atoms with Crippen molar-refractivity contribution >= 4 is 22.5 Å². The van der Waals surface area contributed by atoms with Crippen LogP contribution in [0.1, 0.15) is 28.9 Å². The molecule has 0 saturated carbocycles. The van der Waals surface area contributed by atoms with E-state index in [9.17, 15) is 18.4 Å². The van der Waals surface area contributed by atoms with E-state index in [1.807, 2.05) is 17.6 Å². The van der Waals surface area contributed by atoms with E-state index >= 15 is 0 Å². The molecule has 3 aromatic rings. The maximum atomic E-state index is 13.8. The van der Waals surface area contributed by atoms with Gasteiger partial charge in [0.2, 0.25) is 5.43 Å². The predicted molar refractivity (Wildman–Crippen MR) is 90.9 cm³/mol. The number of hydrogen-bond donors (Lipinski definition) is 1. The quantitative estimate of drug-likeness (QED) is 0.774. The molecular weight excluding hydrogens is 326 g/mol. The normalized spacial score (nSPS) is 15.6. The van der Waals surface area contributed by atoms with E-state index in [2.05, 4.69) is 5.32 Å². The fraction of sp³-hybridized carbons (Fsp3) is 0.158. The third-order valence-corrected chi connectivity index (χ3v) is 4.55. The molecule has 0 bridgehead atoms. The van der Waals surface area contributed by atoms with Gasteiger partial charge in [0.25, 0.3) is 5.91 Å². The lowest BCUT2D eigenvalue weighted by atomic mass is 10.1. The van der Waals surface area contributed by atoms with E-state index in [1.165, 1.54) is 6.20 Å².